The fraction of sp³-hybridized carbons (Fsp3) is 0.625. The standard InChI is InChI=1S/C16H23NS/c1-12-6-2-5-9-15(12)17-16-11-18-10-13-7-3-4-8-14(13)16/h3-4,7-8,12,15-17H,2,5-6,9-11H2,1H3. The highest BCUT2D eigenvalue weighted by molar-refractivity contribution is 7.98. The largest absolute Gasteiger partial charge is 0.306 e. The Morgan fingerprint density at radius 2 is 2.00 bits per heavy atom. The van der Waals surface area contributed by atoms with Crippen molar-refractivity contribution in [2.45, 2.75) is 50.4 Å². The third-order valence-electron chi connectivity index (χ3n) is 4.50. The van der Waals surface area contributed by atoms with Gasteiger partial charge in [0.05, 0.1) is 0 Å². The molecule has 0 radical (unpaired) electrons. The van der Waals surface area contributed by atoms with E-state index in [2.05, 4.69) is 48.3 Å². The highest BCUT2D eigenvalue weighted by Crippen LogP contribution is 2.34. The van der Waals surface area contributed by atoms with E-state index in [-0.39, 0.29) is 0 Å². The molecule has 1 aliphatic carbocycles. The molecule has 1 heterocycles. The zero-order valence-corrected chi connectivity index (χ0v) is 12.0. The molecular formula is C16H23NS. The van der Waals surface area contributed by atoms with Crippen LogP contribution in [-0.4, -0.2) is 11.8 Å². The first-order valence-corrected chi connectivity index (χ1v) is 8.41. The van der Waals surface area contributed by atoms with Crippen molar-refractivity contribution in [3.8, 4) is 0 Å². The molecule has 1 aromatic rings. The molecule has 1 saturated carbocycles. The van der Waals surface area contributed by atoms with Crippen molar-refractivity contribution in [1.29, 1.82) is 0 Å². The lowest BCUT2D eigenvalue weighted by Crippen LogP contribution is -2.41. The fourth-order valence-corrected chi connectivity index (χ4v) is 4.45. The van der Waals surface area contributed by atoms with Crippen LogP contribution in [0.5, 0.6) is 0 Å². The van der Waals surface area contributed by atoms with Crippen LogP contribution in [0.2, 0.25) is 0 Å². The Balaban J connectivity index is 1.73. The summed E-state index contributed by atoms with van der Waals surface area (Å²) in [5, 5.41) is 3.94. The topological polar surface area (TPSA) is 12.0 Å². The summed E-state index contributed by atoms with van der Waals surface area (Å²) in [5.74, 6) is 3.27. The van der Waals surface area contributed by atoms with E-state index in [1.54, 1.807) is 5.56 Å². The second-order valence-electron chi connectivity index (χ2n) is 5.80. The summed E-state index contributed by atoms with van der Waals surface area (Å²) in [7, 11) is 0. The van der Waals surface area contributed by atoms with E-state index in [4.69, 9.17) is 0 Å². The van der Waals surface area contributed by atoms with Gasteiger partial charge in [-0.05, 0) is 29.9 Å². The number of hydrogen-bond acceptors (Lipinski definition) is 2. The maximum absolute atomic E-state index is 3.94. The summed E-state index contributed by atoms with van der Waals surface area (Å²) >= 11 is 2.07. The molecular weight excluding hydrogens is 238 g/mol. The van der Waals surface area contributed by atoms with Gasteiger partial charge >= 0.3 is 0 Å². The molecule has 0 spiro atoms. The molecule has 2 heteroatoms. The van der Waals surface area contributed by atoms with Gasteiger partial charge in [-0.15, -0.1) is 0 Å². The molecule has 1 N–H and O–H groups in total. The smallest absolute Gasteiger partial charge is 0.0417 e. The third kappa shape index (κ3) is 2.60. The fourth-order valence-electron chi connectivity index (χ4n) is 3.34. The average molecular weight is 261 g/mol. The molecule has 2 aliphatic rings. The molecule has 1 nitrogen and oxygen atoms in total. The van der Waals surface area contributed by atoms with Gasteiger partial charge in [-0.1, -0.05) is 44.0 Å². The zero-order chi connectivity index (χ0) is 12.4. The molecule has 18 heavy (non-hydrogen) atoms. The number of fused-ring (bicyclic) bond motifs is 1. The molecule has 0 aromatic heterocycles. The van der Waals surface area contributed by atoms with Crippen molar-refractivity contribution in [2.24, 2.45) is 5.92 Å². The van der Waals surface area contributed by atoms with Crippen molar-refractivity contribution >= 4 is 11.8 Å². The van der Waals surface area contributed by atoms with E-state index in [0.717, 1.165) is 12.0 Å². The van der Waals surface area contributed by atoms with Crippen LogP contribution in [0.3, 0.4) is 0 Å². The highest BCUT2D eigenvalue weighted by Gasteiger charge is 2.27. The predicted octanol–water partition coefficient (Wildman–Crippen LogP) is 4.14. The molecule has 1 aromatic carbocycles. The van der Waals surface area contributed by atoms with Gasteiger partial charge < -0.3 is 5.32 Å². The monoisotopic (exact) mass is 261 g/mol. The van der Waals surface area contributed by atoms with E-state index in [1.807, 2.05) is 0 Å². The van der Waals surface area contributed by atoms with E-state index >= 15 is 0 Å². The summed E-state index contributed by atoms with van der Waals surface area (Å²) in [6.45, 7) is 2.42. The predicted molar refractivity (Wildman–Crippen MR) is 79.9 cm³/mol. The lowest BCUT2D eigenvalue weighted by molar-refractivity contribution is 0.264. The lowest BCUT2D eigenvalue weighted by atomic mass is 9.85. The normalized spacial score (nSPS) is 31.9. The van der Waals surface area contributed by atoms with Crippen LogP contribution in [0.4, 0.5) is 0 Å². The zero-order valence-electron chi connectivity index (χ0n) is 11.2. The van der Waals surface area contributed by atoms with Crippen LogP contribution >= 0.6 is 11.8 Å². The van der Waals surface area contributed by atoms with Gasteiger partial charge in [0.2, 0.25) is 0 Å². The first kappa shape index (κ1) is 12.6. The lowest BCUT2D eigenvalue weighted by Gasteiger charge is -2.35. The van der Waals surface area contributed by atoms with E-state index in [9.17, 15) is 0 Å². The van der Waals surface area contributed by atoms with Crippen molar-refractivity contribution < 1.29 is 0 Å². The number of nitrogens with one attached hydrogen (secondary N) is 1. The van der Waals surface area contributed by atoms with Gasteiger partial charge in [0.25, 0.3) is 0 Å². The maximum atomic E-state index is 3.94. The highest BCUT2D eigenvalue weighted by atomic mass is 32.2. The number of thioether (sulfide) groups is 1. The molecule has 0 saturated heterocycles. The van der Waals surface area contributed by atoms with Crippen LogP contribution in [0.25, 0.3) is 0 Å². The molecule has 0 amide bonds. The molecule has 98 valence electrons. The minimum Gasteiger partial charge on any atom is -0.306 e. The summed E-state index contributed by atoms with van der Waals surface area (Å²) in [5.41, 5.74) is 3.09. The quantitative estimate of drug-likeness (QED) is 0.858. The summed E-state index contributed by atoms with van der Waals surface area (Å²) in [6, 6.07) is 10.3. The maximum Gasteiger partial charge on any atom is 0.0417 e. The van der Waals surface area contributed by atoms with Crippen molar-refractivity contribution in [3.63, 3.8) is 0 Å². The van der Waals surface area contributed by atoms with Crippen LogP contribution in [-0.2, 0) is 5.75 Å². The molecule has 3 unspecified atom stereocenters. The van der Waals surface area contributed by atoms with Crippen molar-refractivity contribution in [2.75, 3.05) is 5.75 Å². The van der Waals surface area contributed by atoms with Crippen molar-refractivity contribution in [1.82, 2.24) is 5.32 Å². The SMILES string of the molecule is CC1CCCCC1NC1CSCc2ccccc21. The number of hydrogen-bond donors (Lipinski definition) is 1. The van der Waals surface area contributed by atoms with E-state index in [1.165, 1.54) is 42.8 Å². The van der Waals surface area contributed by atoms with Gasteiger partial charge in [-0.3, -0.25) is 0 Å². The molecule has 1 fully saturated rings. The van der Waals surface area contributed by atoms with Crippen molar-refractivity contribution in [3.05, 3.63) is 35.4 Å². The van der Waals surface area contributed by atoms with Gasteiger partial charge in [0, 0.05) is 23.6 Å². The second-order valence-corrected chi connectivity index (χ2v) is 6.83. The Kier molecular flexibility index (Phi) is 3.95. The Morgan fingerprint density at radius 1 is 1.17 bits per heavy atom. The Bertz CT molecular complexity index is 404. The molecule has 0 bridgehead atoms. The Morgan fingerprint density at radius 3 is 2.89 bits per heavy atom. The van der Waals surface area contributed by atoms with Gasteiger partial charge in [-0.25, -0.2) is 0 Å². The van der Waals surface area contributed by atoms with Gasteiger partial charge in [0.15, 0.2) is 0 Å². The minimum absolute atomic E-state index is 0.575. The molecule has 3 atom stereocenters. The van der Waals surface area contributed by atoms with E-state index < -0.39 is 0 Å². The van der Waals surface area contributed by atoms with Gasteiger partial charge in [0.1, 0.15) is 0 Å². The van der Waals surface area contributed by atoms with Crippen LogP contribution in [0.1, 0.15) is 49.8 Å². The first-order valence-electron chi connectivity index (χ1n) is 7.26. The number of rotatable bonds is 2. The van der Waals surface area contributed by atoms with Crippen LogP contribution in [0.15, 0.2) is 24.3 Å². The summed E-state index contributed by atoms with van der Waals surface area (Å²) in [6.07, 6.45) is 5.60. The summed E-state index contributed by atoms with van der Waals surface area (Å²) in [4.78, 5) is 0. The van der Waals surface area contributed by atoms with Gasteiger partial charge in [-0.2, -0.15) is 11.8 Å². The Labute approximate surface area is 115 Å². The van der Waals surface area contributed by atoms with E-state index in [0.29, 0.717) is 6.04 Å². The second kappa shape index (κ2) is 5.66. The molecule has 3 rings (SSSR count). The molecule has 1 aliphatic heterocycles. The minimum atomic E-state index is 0.575. The third-order valence-corrected chi connectivity index (χ3v) is 5.58. The van der Waals surface area contributed by atoms with Crippen LogP contribution in [0, 0.1) is 5.92 Å². The first-order chi connectivity index (χ1) is 8.84. The average Bonchev–Trinajstić information content (AvgIpc) is 2.42. The Hall–Kier alpha value is -0.470. The van der Waals surface area contributed by atoms with Crippen LogP contribution < -0.4 is 5.32 Å². The summed E-state index contributed by atoms with van der Waals surface area (Å²) < 4.78 is 0. The number of benzene rings is 1.